The van der Waals surface area contributed by atoms with Gasteiger partial charge in [-0.05, 0) is 19.3 Å². The molecule has 2 atom stereocenters. The second kappa shape index (κ2) is 5.47. The fourth-order valence-electron chi connectivity index (χ4n) is 4.90. The van der Waals surface area contributed by atoms with Crippen molar-refractivity contribution in [2.45, 2.75) is 31.3 Å². The van der Waals surface area contributed by atoms with Gasteiger partial charge in [-0.3, -0.25) is 9.36 Å². The number of aromatic nitrogens is 3. The van der Waals surface area contributed by atoms with E-state index < -0.39 is 0 Å². The van der Waals surface area contributed by atoms with E-state index in [2.05, 4.69) is 9.83 Å². The average molecular weight is 387 g/mol. The smallest absolute Gasteiger partial charge is 0.336 e. The number of fused-ring (bicyclic) bond motifs is 6. The fraction of sp³-hybridized carbons (Fsp3) is 0.333. The zero-order valence-corrected chi connectivity index (χ0v) is 15.4. The number of pyridine rings is 1. The highest BCUT2D eigenvalue weighted by atomic mass is 16.3. The number of hydrogen-bond donors (Lipinski definition) is 1. The third-order valence-electron chi connectivity index (χ3n) is 6.37. The van der Waals surface area contributed by atoms with Crippen LogP contribution in [0.1, 0.15) is 37.0 Å². The Morgan fingerprint density at radius 1 is 1.24 bits per heavy atom. The van der Waals surface area contributed by atoms with Crippen LogP contribution in [0.25, 0.3) is 21.3 Å². The molecule has 1 saturated heterocycles. The molecule has 1 aliphatic carbocycles. The summed E-state index contributed by atoms with van der Waals surface area (Å²) in [5, 5.41) is 12.4. The third-order valence-corrected chi connectivity index (χ3v) is 6.37. The van der Waals surface area contributed by atoms with Crippen molar-refractivity contribution in [1.29, 1.82) is 0 Å². The summed E-state index contributed by atoms with van der Waals surface area (Å²) >= 11 is 0. The summed E-state index contributed by atoms with van der Waals surface area (Å²) in [5.41, 5.74) is 0.626. The lowest BCUT2D eigenvalue weighted by molar-refractivity contribution is -0.134. The van der Waals surface area contributed by atoms with Gasteiger partial charge in [0.05, 0.1) is 12.1 Å². The van der Waals surface area contributed by atoms with Gasteiger partial charge in [0.1, 0.15) is 17.6 Å². The van der Waals surface area contributed by atoms with Gasteiger partial charge in [0, 0.05) is 23.2 Å². The van der Waals surface area contributed by atoms with E-state index in [0.717, 1.165) is 12.8 Å². The van der Waals surface area contributed by atoms with Gasteiger partial charge in [-0.25, -0.2) is 9.36 Å². The van der Waals surface area contributed by atoms with Crippen LogP contribution in [0, 0.1) is 12.5 Å². The summed E-state index contributed by atoms with van der Waals surface area (Å²) in [7, 11) is 0. The largest absolute Gasteiger partial charge is 0.493 e. The molecule has 2 bridgehead atoms. The quantitative estimate of drug-likeness (QED) is 0.685. The number of benzene rings is 1. The highest BCUT2D eigenvalue weighted by molar-refractivity contribution is 5.97. The second-order valence-corrected chi connectivity index (χ2v) is 7.99. The SMILES string of the molecule is [C-]#[N+]c1ncc(-n2c(O)c3n(c2=O)C2CC3N(C(=O)C3CC3)C2)c2ccccc12. The van der Waals surface area contributed by atoms with Gasteiger partial charge in [-0.2, -0.15) is 0 Å². The Morgan fingerprint density at radius 3 is 2.72 bits per heavy atom. The predicted molar refractivity (Wildman–Crippen MR) is 104 cm³/mol. The molecule has 8 heteroatoms. The topological polar surface area (TPSA) is 84.7 Å². The zero-order chi connectivity index (χ0) is 19.9. The molecule has 1 amide bonds. The van der Waals surface area contributed by atoms with E-state index in [0.29, 0.717) is 35.1 Å². The highest BCUT2D eigenvalue weighted by Crippen LogP contribution is 2.50. The molecule has 4 heterocycles. The maximum Gasteiger partial charge on any atom is 0.336 e. The Morgan fingerprint density at radius 2 is 2.00 bits per heavy atom. The van der Waals surface area contributed by atoms with Gasteiger partial charge in [-0.1, -0.05) is 30.8 Å². The molecule has 1 N–H and O–H groups in total. The van der Waals surface area contributed by atoms with E-state index in [-0.39, 0.29) is 41.3 Å². The first-order valence-corrected chi connectivity index (χ1v) is 9.72. The summed E-state index contributed by atoms with van der Waals surface area (Å²) < 4.78 is 2.90. The number of nitrogens with zero attached hydrogens (tertiary/aromatic N) is 5. The molecule has 0 radical (unpaired) electrons. The summed E-state index contributed by atoms with van der Waals surface area (Å²) in [6.07, 6.45) is 3.99. The van der Waals surface area contributed by atoms with Crippen LogP contribution < -0.4 is 5.69 Å². The van der Waals surface area contributed by atoms with Crippen molar-refractivity contribution in [3.8, 4) is 11.6 Å². The number of imidazole rings is 1. The number of likely N-dealkylation sites (tertiary alicyclic amines) is 1. The van der Waals surface area contributed by atoms with Crippen LogP contribution in [0.4, 0.5) is 5.82 Å². The molecule has 2 fully saturated rings. The van der Waals surface area contributed by atoms with Crippen LogP contribution in [0.5, 0.6) is 5.88 Å². The summed E-state index contributed by atoms with van der Waals surface area (Å²) in [5.74, 6) is 0.355. The predicted octanol–water partition coefficient (Wildman–Crippen LogP) is 2.68. The van der Waals surface area contributed by atoms with Crippen molar-refractivity contribution >= 4 is 22.5 Å². The number of carbonyl (C=O) groups is 1. The van der Waals surface area contributed by atoms with E-state index in [9.17, 15) is 14.7 Å². The van der Waals surface area contributed by atoms with E-state index in [1.54, 1.807) is 10.6 Å². The molecule has 8 nitrogen and oxygen atoms in total. The minimum absolute atomic E-state index is 0.105. The lowest BCUT2D eigenvalue weighted by atomic mass is 10.1. The van der Waals surface area contributed by atoms with Crippen LogP contribution in [0.15, 0.2) is 35.3 Å². The van der Waals surface area contributed by atoms with E-state index in [4.69, 9.17) is 6.57 Å². The minimum atomic E-state index is -0.328. The first-order valence-electron chi connectivity index (χ1n) is 9.72. The first-order chi connectivity index (χ1) is 14.1. The molecule has 3 aromatic rings. The Hall–Kier alpha value is -3.60. The van der Waals surface area contributed by atoms with Crippen LogP contribution in [0.2, 0.25) is 0 Å². The Kier molecular flexibility index (Phi) is 3.09. The van der Waals surface area contributed by atoms with Crippen molar-refractivity contribution in [2.75, 3.05) is 6.54 Å². The van der Waals surface area contributed by atoms with Crippen LogP contribution in [0.3, 0.4) is 0 Å². The number of aromatic hydroxyl groups is 1. The van der Waals surface area contributed by atoms with Gasteiger partial charge in [0.2, 0.25) is 11.8 Å². The number of carbonyl (C=O) groups excluding carboxylic acids is 1. The maximum absolute atomic E-state index is 13.3. The van der Waals surface area contributed by atoms with E-state index >= 15 is 0 Å². The van der Waals surface area contributed by atoms with Gasteiger partial charge < -0.3 is 14.9 Å². The lowest BCUT2D eigenvalue weighted by Crippen LogP contribution is -2.38. The monoisotopic (exact) mass is 387 g/mol. The molecule has 1 aromatic carbocycles. The average Bonchev–Trinajstić information content (AvgIpc) is 3.33. The summed E-state index contributed by atoms with van der Waals surface area (Å²) in [4.78, 5) is 35.4. The molecule has 1 saturated carbocycles. The van der Waals surface area contributed by atoms with Crippen LogP contribution in [-0.4, -0.2) is 36.6 Å². The van der Waals surface area contributed by atoms with Gasteiger partial charge >= 0.3 is 5.69 Å². The van der Waals surface area contributed by atoms with Crippen molar-refractivity contribution in [3.63, 3.8) is 0 Å². The molecule has 0 spiro atoms. The molecule has 6 rings (SSSR count). The summed E-state index contributed by atoms with van der Waals surface area (Å²) in [6, 6.07) is 6.86. The summed E-state index contributed by atoms with van der Waals surface area (Å²) in [6.45, 7) is 7.85. The van der Waals surface area contributed by atoms with Crippen LogP contribution in [-0.2, 0) is 4.79 Å². The molecular formula is C21H17N5O3. The molecule has 29 heavy (non-hydrogen) atoms. The second-order valence-electron chi connectivity index (χ2n) is 7.99. The minimum Gasteiger partial charge on any atom is -0.493 e. The Labute approximate surface area is 165 Å². The van der Waals surface area contributed by atoms with Crippen molar-refractivity contribution < 1.29 is 9.90 Å². The lowest BCUT2D eigenvalue weighted by Gasteiger charge is -2.27. The Balaban J connectivity index is 1.54. The zero-order valence-electron chi connectivity index (χ0n) is 15.4. The standard InChI is InChI=1S/C21H17N5O3/c1-22-18-14-5-3-2-4-13(14)16(9-23-18)26-20(28)17-15-8-12(25(17)21(26)29)10-24(15)19(27)11-6-7-11/h2-5,9,11-12,15,28H,6-8,10H2. The molecular weight excluding hydrogens is 370 g/mol. The number of rotatable bonds is 2. The van der Waals surface area contributed by atoms with Crippen molar-refractivity contribution in [3.05, 3.63) is 58.1 Å². The Bertz CT molecular complexity index is 1310. The molecule has 144 valence electrons. The van der Waals surface area contributed by atoms with Gasteiger partial charge in [-0.15, -0.1) is 4.98 Å². The molecule has 3 aliphatic rings. The van der Waals surface area contributed by atoms with Gasteiger partial charge in [0.15, 0.2) is 0 Å². The van der Waals surface area contributed by atoms with E-state index in [1.165, 1.54) is 10.8 Å². The number of hydrogen-bond acceptors (Lipinski definition) is 4. The molecule has 2 unspecified atom stereocenters. The normalized spacial score (nSPS) is 22.1. The molecule has 2 aromatic heterocycles. The van der Waals surface area contributed by atoms with Crippen molar-refractivity contribution in [2.24, 2.45) is 5.92 Å². The fourth-order valence-corrected chi connectivity index (χ4v) is 4.90. The van der Waals surface area contributed by atoms with Crippen molar-refractivity contribution in [1.82, 2.24) is 19.0 Å². The van der Waals surface area contributed by atoms with Crippen LogP contribution >= 0.6 is 0 Å². The first kappa shape index (κ1) is 16.4. The number of amides is 1. The third kappa shape index (κ3) is 2.04. The maximum atomic E-state index is 13.3. The highest BCUT2D eigenvalue weighted by Gasteiger charge is 2.51. The van der Waals surface area contributed by atoms with Gasteiger partial charge in [0.25, 0.3) is 5.82 Å². The van der Waals surface area contributed by atoms with E-state index in [1.807, 2.05) is 23.1 Å². The molecule has 2 aliphatic heterocycles.